The highest BCUT2D eigenvalue weighted by molar-refractivity contribution is 7.11. The summed E-state index contributed by atoms with van der Waals surface area (Å²) in [6.45, 7) is 3.32. The van der Waals surface area contributed by atoms with E-state index in [1.165, 1.54) is 0 Å². The number of thiazole rings is 1. The molecule has 1 atom stereocenters. The lowest BCUT2D eigenvalue weighted by Gasteiger charge is -2.15. The van der Waals surface area contributed by atoms with Crippen molar-refractivity contribution in [3.8, 4) is 0 Å². The quantitative estimate of drug-likeness (QED) is 0.889. The normalized spacial score (nSPS) is 22.3. The third-order valence-corrected chi connectivity index (χ3v) is 3.70. The van der Waals surface area contributed by atoms with E-state index in [2.05, 4.69) is 4.98 Å². The molecule has 0 amide bonds. The van der Waals surface area contributed by atoms with E-state index in [1.807, 2.05) is 4.90 Å². The van der Waals surface area contributed by atoms with E-state index in [9.17, 15) is 13.2 Å². The van der Waals surface area contributed by atoms with E-state index in [-0.39, 0.29) is 6.04 Å². The number of hydrogen-bond acceptors (Lipinski definition) is 4. The average molecular weight is 265 g/mol. The van der Waals surface area contributed by atoms with E-state index in [0.717, 1.165) is 24.3 Å². The minimum atomic E-state index is -4.36. The molecule has 2 rings (SSSR count). The molecule has 1 aromatic heterocycles. The first-order chi connectivity index (χ1) is 7.86. The summed E-state index contributed by atoms with van der Waals surface area (Å²) in [5.74, 6) is 0. The first kappa shape index (κ1) is 12.8. The lowest BCUT2D eigenvalue weighted by molar-refractivity contribution is -0.141. The van der Waals surface area contributed by atoms with Crippen LogP contribution in [0, 0.1) is 6.92 Å². The van der Waals surface area contributed by atoms with Crippen LogP contribution in [0.4, 0.5) is 13.2 Å². The maximum absolute atomic E-state index is 12.7. The molecule has 0 bridgehead atoms. The molecule has 2 N–H and O–H groups in total. The van der Waals surface area contributed by atoms with Gasteiger partial charge in [-0.25, -0.2) is 4.98 Å². The van der Waals surface area contributed by atoms with Crippen molar-refractivity contribution in [2.24, 2.45) is 5.73 Å². The number of nitrogens with two attached hydrogens (primary N) is 1. The standard InChI is InChI=1S/C10H14F3N3S/c1-6-15-9(10(11,12)13)8(17-6)5-16-3-2-7(14)4-16/h7H,2-5,14H2,1H3. The van der Waals surface area contributed by atoms with Crippen molar-refractivity contribution >= 4 is 11.3 Å². The van der Waals surface area contributed by atoms with Crippen LogP contribution in [-0.2, 0) is 12.7 Å². The minimum Gasteiger partial charge on any atom is -0.326 e. The first-order valence-electron chi connectivity index (χ1n) is 5.37. The number of rotatable bonds is 2. The van der Waals surface area contributed by atoms with Crippen LogP contribution in [0.1, 0.15) is 22.0 Å². The van der Waals surface area contributed by atoms with E-state index < -0.39 is 11.9 Å². The van der Waals surface area contributed by atoms with E-state index in [1.54, 1.807) is 6.92 Å². The zero-order valence-corrected chi connectivity index (χ0v) is 10.2. The summed E-state index contributed by atoms with van der Waals surface area (Å²) in [6, 6.07) is 0.0818. The van der Waals surface area contributed by atoms with Crippen LogP contribution in [0.3, 0.4) is 0 Å². The summed E-state index contributed by atoms with van der Waals surface area (Å²) in [7, 11) is 0. The van der Waals surface area contributed by atoms with Gasteiger partial charge in [0, 0.05) is 25.7 Å². The summed E-state index contributed by atoms with van der Waals surface area (Å²) in [6.07, 6.45) is -3.51. The van der Waals surface area contributed by atoms with Crippen molar-refractivity contribution < 1.29 is 13.2 Å². The van der Waals surface area contributed by atoms with Gasteiger partial charge in [-0.15, -0.1) is 11.3 Å². The van der Waals surface area contributed by atoms with Gasteiger partial charge in [0.2, 0.25) is 0 Å². The minimum absolute atomic E-state index is 0.0818. The third-order valence-electron chi connectivity index (χ3n) is 2.75. The summed E-state index contributed by atoms with van der Waals surface area (Å²) in [4.78, 5) is 5.83. The lowest BCUT2D eigenvalue weighted by Crippen LogP contribution is -2.26. The van der Waals surface area contributed by atoms with Crippen molar-refractivity contribution in [2.75, 3.05) is 13.1 Å². The lowest BCUT2D eigenvalue weighted by atomic mass is 10.3. The predicted molar refractivity (Wildman–Crippen MR) is 59.7 cm³/mol. The van der Waals surface area contributed by atoms with Crippen LogP contribution in [-0.4, -0.2) is 29.0 Å². The molecule has 96 valence electrons. The van der Waals surface area contributed by atoms with Gasteiger partial charge in [-0.2, -0.15) is 13.2 Å². The molecule has 1 aliphatic rings. The molecule has 1 saturated heterocycles. The summed E-state index contributed by atoms with van der Waals surface area (Å²) in [5.41, 5.74) is 5.00. The van der Waals surface area contributed by atoms with Crippen molar-refractivity contribution in [1.82, 2.24) is 9.88 Å². The first-order valence-corrected chi connectivity index (χ1v) is 6.19. The molecule has 2 heterocycles. The maximum atomic E-state index is 12.7. The van der Waals surface area contributed by atoms with Crippen LogP contribution < -0.4 is 5.73 Å². The van der Waals surface area contributed by atoms with Gasteiger partial charge in [-0.1, -0.05) is 0 Å². The molecule has 0 saturated carbocycles. The molecule has 0 aliphatic carbocycles. The highest BCUT2D eigenvalue weighted by Crippen LogP contribution is 2.35. The zero-order valence-electron chi connectivity index (χ0n) is 9.42. The van der Waals surface area contributed by atoms with Gasteiger partial charge in [-0.05, 0) is 13.3 Å². The maximum Gasteiger partial charge on any atom is 0.434 e. The topological polar surface area (TPSA) is 42.2 Å². The molecule has 0 radical (unpaired) electrons. The monoisotopic (exact) mass is 265 g/mol. The molecule has 1 unspecified atom stereocenters. The molecule has 0 spiro atoms. The van der Waals surface area contributed by atoms with Gasteiger partial charge >= 0.3 is 6.18 Å². The molecular formula is C10H14F3N3S. The summed E-state index contributed by atoms with van der Waals surface area (Å²) < 4.78 is 38.1. The van der Waals surface area contributed by atoms with Gasteiger partial charge in [0.25, 0.3) is 0 Å². The van der Waals surface area contributed by atoms with Gasteiger partial charge in [0.15, 0.2) is 5.69 Å². The number of likely N-dealkylation sites (tertiary alicyclic amines) is 1. The van der Waals surface area contributed by atoms with Gasteiger partial charge in [0.1, 0.15) is 0 Å². The Hall–Kier alpha value is -0.660. The highest BCUT2D eigenvalue weighted by Gasteiger charge is 2.37. The number of nitrogens with zero attached hydrogens (tertiary/aromatic N) is 2. The number of halogens is 3. The molecule has 1 aliphatic heterocycles. The fourth-order valence-corrected chi connectivity index (χ4v) is 3.01. The smallest absolute Gasteiger partial charge is 0.326 e. The Morgan fingerprint density at radius 2 is 2.24 bits per heavy atom. The Balaban J connectivity index is 2.15. The van der Waals surface area contributed by atoms with Crippen LogP contribution in [0.15, 0.2) is 0 Å². The Bertz CT molecular complexity index is 402. The van der Waals surface area contributed by atoms with Crippen LogP contribution in [0.25, 0.3) is 0 Å². The second kappa shape index (κ2) is 4.55. The Morgan fingerprint density at radius 3 is 2.76 bits per heavy atom. The van der Waals surface area contributed by atoms with Crippen molar-refractivity contribution in [2.45, 2.75) is 32.1 Å². The van der Waals surface area contributed by atoms with Gasteiger partial charge in [0.05, 0.1) is 9.88 Å². The van der Waals surface area contributed by atoms with E-state index in [0.29, 0.717) is 23.0 Å². The molecule has 1 fully saturated rings. The van der Waals surface area contributed by atoms with Crippen LogP contribution >= 0.6 is 11.3 Å². The van der Waals surface area contributed by atoms with Crippen molar-refractivity contribution in [3.63, 3.8) is 0 Å². The van der Waals surface area contributed by atoms with E-state index in [4.69, 9.17) is 5.73 Å². The second-order valence-corrected chi connectivity index (χ2v) is 5.57. The SMILES string of the molecule is Cc1nc(C(F)(F)F)c(CN2CCC(N)C2)s1. The van der Waals surface area contributed by atoms with Crippen LogP contribution in [0.2, 0.25) is 0 Å². The predicted octanol–water partition coefficient (Wildman–Crippen LogP) is 2.00. The Labute approximate surface area is 101 Å². The number of hydrogen-bond donors (Lipinski definition) is 1. The second-order valence-electron chi connectivity index (χ2n) is 4.29. The molecule has 17 heavy (non-hydrogen) atoms. The molecule has 3 nitrogen and oxygen atoms in total. The Kier molecular flexibility index (Phi) is 3.42. The fourth-order valence-electron chi connectivity index (χ4n) is 2.01. The average Bonchev–Trinajstić information content (AvgIpc) is 2.72. The third kappa shape index (κ3) is 2.97. The van der Waals surface area contributed by atoms with Gasteiger partial charge in [-0.3, -0.25) is 4.90 Å². The molecule has 7 heteroatoms. The highest BCUT2D eigenvalue weighted by atomic mass is 32.1. The summed E-state index contributed by atoms with van der Waals surface area (Å²) >= 11 is 1.12. The number of alkyl halides is 3. The van der Waals surface area contributed by atoms with Crippen molar-refractivity contribution in [1.29, 1.82) is 0 Å². The Morgan fingerprint density at radius 1 is 1.53 bits per heavy atom. The molecular weight excluding hydrogens is 251 g/mol. The molecule has 0 aromatic carbocycles. The summed E-state index contributed by atoms with van der Waals surface area (Å²) in [5, 5.41) is 0.454. The van der Waals surface area contributed by atoms with E-state index >= 15 is 0 Å². The molecule has 1 aromatic rings. The zero-order chi connectivity index (χ0) is 12.6. The largest absolute Gasteiger partial charge is 0.434 e. The number of aromatic nitrogens is 1. The number of aryl methyl sites for hydroxylation is 1. The van der Waals surface area contributed by atoms with Crippen LogP contribution in [0.5, 0.6) is 0 Å². The van der Waals surface area contributed by atoms with Crippen molar-refractivity contribution in [3.05, 3.63) is 15.6 Å². The van der Waals surface area contributed by atoms with Gasteiger partial charge < -0.3 is 5.73 Å². The fraction of sp³-hybridized carbons (Fsp3) is 0.700.